The Bertz CT molecular complexity index is 771. The smallest absolute Gasteiger partial charge is 0.147 e. The summed E-state index contributed by atoms with van der Waals surface area (Å²) in [5.74, 6) is 0.894. The van der Waals surface area contributed by atoms with E-state index in [9.17, 15) is 5.11 Å². The van der Waals surface area contributed by atoms with Gasteiger partial charge in [0.05, 0.1) is 25.3 Å². The summed E-state index contributed by atoms with van der Waals surface area (Å²) in [6.45, 7) is 3.89. The second kappa shape index (κ2) is 7.67. The number of likely N-dealkylation sites (N-methyl/N-ethyl adjacent to an activating group) is 1. The zero-order chi connectivity index (χ0) is 18.9. The van der Waals surface area contributed by atoms with Crippen LogP contribution in [-0.2, 0) is 23.2 Å². The number of hydrogen-bond acceptors (Lipinski definition) is 6. The van der Waals surface area contributed by atoms with E-state index < -0.39 is 6.10 Å². The third-order valence-corrected chi connectivity index (χ3v) is 6.27. The summed E-state index contributed by atoms with van der Waals surface area (Å²) in [4.78, 5) is 2.22. The van der Waals surface area contributed by atoms with Gasteiger partial charge < -0.3 is 19.7 Å². The lowest BCUT2D eigenvalue weighted by Gasteiger charge is -2.40. The number of methoxy groups -OCH3 is 1. The van der Waals surface area contributed by atoms with Crippen molar-refractivity contribution in [1.29, 1.82) is 0 Å². The molecule has 0 radical (unpaired) electrons. The molecule has 7 heteroatoms. The van der Waals surface area contributed by atoms with Crippen LogP contribution in [0.1, 0.15) is 35.8 Å². The minimum atomic E-state index is -0.419. The van der Waals surface area contributed by atoms with Crippen LogP contribution in [0.25, 0.3) is 0 Å². The van der Waals surface area contributed by atoms with Gasteiger partial charge in [0.1, 0.15) is 12.2 Å². The number of nitrogens with one attached hydrogen (secondary N) is 1. The summed E-state index contributed by atoms with van der Waals surface area (Å²) in [7, 11) is 3.76. The molecular weight excluding hydrogens is 342 g/mol. The van der Waals surface area contributed by atoms with Crippen LogP contribution in [0.15, 0.2) is 30.6 Å². The van der Waals surface area contributed by atoms with Crippen molar-refractivity contribution in [3.8, 4) is 0 Å². The molecule has 1 aliphatic heterocycles. The van der Waals surface area contributed by atoms with Gasteiger partial charge in [0.15, 0.2) is 0 Å². The monoisotopic (exact) mass is 371 g/mol. The maximum atomic E-state index is 11.5. The van der Waals surface area contributed by atoms with Crippen molar-refractivity contribution in [2.75, 3.05) is 33.9 Å². The average molecular weight is 371 g/mol. The van der Waals surface area contributed by atoms with Gasteiger partial charge in [0, 0.05) is 19.1 Å². The van der Waals surface area contributed by atoms with Gasteiger partial charge in [-0.15, -0.1) is 10.2 Å². The normalized spacial score (nSPS) is 23.9. The number of piperidine rings is 1. The molecule has 1 aliphatic carbocycles. The number of ether oxygens (including phenoxy) is 1. The largest absolute Gasteiger partial charge is 0.390 e. The quantitative estimate of drug-likeness (QED) is 0.792. The maximum absolute atomic E-state index is 11.5. The van der Waals surface area contributed by atoms with E-state index in [1.54, 1.807) is 13.4 Å². The summed E-state index contributed by atoms with van der Waals surface area (Å²) in [5.41, 5.74) is 2.42. The van der Waals surface area contributed by atoms with Crippen LogP contribution in [0.4, 0.5) is 0 Å². The molecule has 2 heterocycles. The molecule has 2 atom stereocenters. The molecule has 7 nitrogen and oxygen atoms in total. The predicted octanol–water partition coefficient (Wildman–Crippen LogP) is 1.09. The highest BCUT2D eigenvalue weighted by Crippen LogP contribution is 2.51. The van der Waals surface area contributed by atoms with Crippen LogP contribution >= 0.6 is 0 Å². The van der Waals surface area contributed by atoms with Crippen molar-refractivity contribution in [1.82, 2.24) is 25.0 Å². The van der Waals surface area contributed by atoms with Gasteiger partial charge in [-0.3, -0.25) is 4.90 Å². The van der Waals surface area contributed by atoms with Gasteiger partial charge in [-0.2, -0.15) is 0 Å². The number of benzene rings is 1. The van der Waals surface area contributed by atoms with E-state index in [4.69, 9.17) is 4.74 Å². The first-order chi connectivity index (χ1) is 13.2. The molecule has 4 rings (SSSR count). The molecule has 0 saturated carbocycles. The molecule has 2 aliphatic rings. The van der Waals surface area contributed by atoms with Crippen molar-refractivity contribution < 1.29 is 9.84 Å². The van der Waals surface area contributed by atoms with Gasteiger partial charge in [0.2, 0.25) is 0 Å². The number of nitrogens with zero attached hydrogens (tertiary/aromatic N) is 4. The summed E-state index contributed by atoms with van der Waals surface area (Å²) < 4.78 is 7.20. The number of rotatable bonds is 6. The van der Waals surface area contributed by atoms with Crippen molar-refractivity contribution in [3.05, 3.63) is 47.5 Å². The van der Waals surface area contributed by atoms with E-state index in [2.05, 4.69) is 51.7 Å². The summed E-state index contributed by atoms with van der Waals surface area (Å²) >= 11 is 0. The average Bonchev–Trinajstić information content (AvgIpc) is 3.22. The van der Waals surface area contributed by atoms with Crippen molar-refractivity contribution in [2.45, 2.75) is 43.5 Å². The van der Waals surface area contributed by atoms with Crippen molar-refractivity contribution in [2.24, 2.45) is 0 Å². The first kappa shape index (κ1) is 18.6. The Balaban J connectivity index is 1.61. The number of hydrogen-bond donors (Lipinski definition) is 2. The molecule has 1 fully saturated rings. The first-order valence-corrected chi connectivity index (χ1v) is 9.71. The Labute approximate surface area is 160 Å². The number of aliphatic hydroxyl groups is 1. The van der Waals surface area contributed by atoms with E-state index in [1.807, 2.05) is 4.57 Å². The van der Waals surface area contributed by atoms with Gasteiger partial charge in [-0.05, 0) is 44.1 Å². The van der Waals surface area contributed by atoms with Crippen LogP contribution in [0, 0.1) is 0 Å². The number of fused-ring (bicyclic) bond motifs is 2. The van der Waals surface area contributed by atoms with Crippen molar-refractivity contribution in [3.63, 3.8) is 0 Å². The highest BCUT2D eigenvalue weighted by molar-refractivity contribution is 5.45. The van der Waals surface area contributed by atoms with Gasteiger partial charge >= 0.3 is 0 Å². The summed E-state index contributed by atoms with van der Waals surface area (Å²) in [5, 5.41) is 23.3. The Hall–Kier alpha value is -1.80. The fraction of sp³-hybridized carbons (Fsp3) is 0.600. The highest BCUT2D eigenvalue weighted by atomic mass is 16.5. The third kappa shape index (κ3) is 3.18. The van der Waals surface area contributed by atoms with Crippen LogP contribution in [0.3, 0.4) is 0 Å². The molecule has 0 bridgehead atoms. The zero-order valence-electron chi connectivity index (χ0n) is 16.1. The second-order valence-corrected chi connectivity index (χ2v) is 7.73. The lowest BCUT2D eigenvalue weighted by atomic mass is 9.72. The van der Waals surface area contributed by atoms with Gasteiger partial charge in [-0.25, -0.2) is 0 Å². The molecule has 1 spiro atoms. The SMILES string of the molecule is COCCn1cnnc1CN(C)[C@H]1c2ccccc2C2(CCNCC2)[C@@H]1O. The molecule has 2 N–H and O–H groups in total. The van der Waals surface area contributed by atoms with E-state index in [0.29, 0.717) is 13.2 Å². The molecule has 27 heavy (non-hydrogen) atoms. The molecule has 1 aromatic carbocycles. The fourth-order valence-corrected chi connectivity index (χ4v) is 4.86. The Morgan fingerprint density at radius 1 is 1.33 bits per heavy atom. The van der Waals surface area contributed by atoms with E-state index in [-0.39, 0.29) is 11.5 Å². The molecule has 146 valence electrons. The first-order valence-electron chi connectivity index (χ1n) is 9.71. The molecule has 0 unspecified atom stereocenters. The van der Waals surface area contributed by atoms with Crippen molar-refractivity contribution >= 4 is 0 Å². The van der Waals surface area contributed by atoms with Gasteiger partial charge in [-0.1, -0.05) is 24.3 Å². The fourth-order valence-electron chi connectivity index (χ4n) is 4.86. The summed E-state index contributed by atoms with van der Waals surface area (Å²) in [6.07, 6.45) is 3.27. The minimum Gasteiger partial charge on any atom is -0.390 e. The molecule has 2 aromatic rings. The summed E-state index contributed by atoms with van der Waals surface area (Å²) in [6, 6.07) is 8.52. The van der Waals surface area contributed by atoms with E-state index in [1.165, 1.54) is 11.1 Å². The number of aliphatic hydroxyl groups excluding tert-OH is 1. The van der Waals surface area contributed by atoms with E-state index >= 15 is 0 Å². The maximum Gasteiger partial charge on any atom is 0.147 e. The van der Waals surface area contributed by atoms with Crippen LogP contribution < -0.4 is 5.32 Å². The second-order valence-electron chi connectivity index (χ2n) is 7.73. The van der Waals surface area contributed by atoms with Crippen LogP contribution in [-0.4, -0.2) is 64.7 Å². The van der Waals surface area contributed by atoms with Gasteiger partial charge in [0.25, 0.3) is 0 Å². The topological polar surface area (TPSA) is 75.4 Å². The Morgan fingerprint density at radius 3 is 2.89 bits per heavy atom. The Kier molecular flexibility index (Phi) is 5.27. The molecular formula is C20H29N5O2. The Morgan fingerprint density at radius 2 is 2.11 bits per heavy atom. The number of aromatic nitrogens is 3. The highest BCUT2D eigenvalue weighted by Gasteiger charge is 2.52. The lowest BCUT2D eigenvalue weighted by molar-refractivity contribution is 0.00314. The predicted molar refractivity (Wildman–Crippen MR) is 102 cm³/mol. The molecule has 1 saturated heterocycles. The molecule has 1 aromatic heterocycles. The zero-order valence-corrected chi connectivity index (χ0v) is 16.1. The lowest BCUT2D eigenvalue weighted by Crippen LogP contribution is -2.48. The standard InChI is InChI=1S/C20H29N5O2/c1-24(13-17-23-22-14-25(17)11-12-27-2)18-15-5-3-4-6-16(15)20(19(18)26)7-9-21-10-8-20/h3-6,14,18-19,21,26H,7-13H2,1-2H3/t18-,19+/m0/s1. The van der Waals surface area contributed by atoms with Crippen LogP contribution in [0.5, 0.6) is 0 Å². The van der Waals surface area contributed by atoms with Crippen LogP contribution in [0.2, 0.25) is 0 Å². The minimum absolute atomic E-state index is 0.0353. The van der Waals surface area contributed by atoms with E-state index in [0.717, 1.165) is 38.3 Å². The molecule has 0 amide bonds. The third-order valence-electron chi connectivity index (χ3n) is 6.27.